The summed E-state index contributed by atoms with van der Waals surface area (Å²) in [6.45, 7) is 10.4. The van der Waals surface area contributed by atoms with E-state index in [4.69, 9.17) is 16.3 Å². The first kappa shape index (κ1) is 22.6. The second kappa shape index (κ2) is 9.23. The Kier molecular flexibility index (Phi) is 7.46. The number of rotatable bonds is 6. The number of halogens is 2. The van der Waals surface area contributed by atoms with Gasteiger partial charge in [0.25, 0.3) is 0 Å². The highest BCUT2D eigenvalue weighted by atomic mass is 35.5. The molecule has 0 aliphatic rings. The molecule has 2 aromatic rings. The molecule has 1 amide bonds. The fourth-order valence-electron chi connectivity index (χ4n) is 2.04. The van der Waals surface area contributed by atoms with Crippen molar-refractivity contribution in [1.82, 2.24) is 9.71 Å². The van der Waals surface area contributed by atoms with E-state index in [1.807, 2.05) is 0 Å². The largest absolute Gasteiger partial charge is 0.598 e. The lowest BCUT2D eigenvalue weighted by atomic mass is 10.1. The third-order valence-corrected chi connectivity index (χ3v) is 6.11. The predicted octanol–water partition coefficient (Wildman–Crippen LogP) is 5.16. The van der Waals surface area contributed by atoms with E-state index >= 15 is 0 Å². The molecule has 1 aromatic carbocycles. The quantitative estimate of drug-likeness (QED) is 0.473. The van der Waals surface area contributed by atoms with Crippen LogP contribution in [0.15, 0.2) is 36.7 Å². The van der Waals surface area contributed by atoms with Crippen LogP contribution in [0.2, 0.25) is 5.02 Å². The number of ether oxygens (including phenoxy) is 1. The number of anilines is 1. The van der Waals surface area contributed by atoms with Crippen LogP contribution in [0.5, 0.6) is 0 Å². The highest BCUT2D eigenvalue weighted by molar-refractivity contribution is 7.90. The van der Waals surface area contributed by atoms with Gasteiger partial charge >= 0.3 is 6.09 Å². The van der Waals surface area contributed by atoms with E-state index in [1.165, 1.54) is 25.3 Å². The number of carbonyl (C=O) groups excluding carboxylic acids is 1. The van der Waals surface area contributed by atoms with Crippen molar-refractivity contribution < 1.29 is 18.5 Å². The van der Waals surface area contributed by atoms with E-state index < -0.39 is 34.1 Å². The van der Waals surface area contributed by atoms with Gasteiger partial charge < -0.3 is 9.29 Å². The Morgan fingerprint density at radius 3 is 2.71 bits per heavy atom. The first-order valence-electron chi connectivity index (χ1n) is 8.20. The van der Waals surface area contributed by atoms with Crippen LogP contribution in [0.3, 0.4) is 0 Å². The monoisotopic (exact) mass is 445 g/mol. The molecule has 0 saturated heterocycles. The summed E-state index contributed by atoms with van der Waals surface area (Å²) in [4.78, 5) is 16.4. The minimum absolute atomic E-state index is 0.234. The SMILES string of the molecule is C=C(C)OC(=O)Nc1ncc(C(N[S+]([O-])C(C)(C)C)c2ccc(Cl)cc2F)s1. The lowest BCUT2D eigenvalue weighted by molar-refractivity contribution is 0.192. The zero-order valence-corrected chi connectivity index (χ0v) is 18.2. The summed E-state index contributed by atoms with van der Waals surface area (Å²) in [5, 5.41) is 2.98. The molecule has 0 radical (unpaired) electrons. The molecule has 28 heavy (non-hydrogen) atoms. The van der Waals surface area contributed by atoms with Crippen molar-refractivity contribution in [2.75, 3.05) is 5.32 Å². The molecule has 0 aliphatic carbocycles. The number of amides is 1. The van der Waals surface area contributed by atoms with Crippen LogP contribution in [0, 0.1) is 5.82 Å². The van der Waals surface area contributed by atoms with Crippen molar-refractivity contribution in [2.45, 2.75) is 38.5 Å². The second-order valence-corrected chi connectivity index (χ2v) is 10.4. The average molecular weight is 446 g/mol. The first-order chi connectivity index (χ1) is 13.0. The second-order valence-electron chi connectivity index (χ2n) is 6.88. The van der Waals surface area contributed by atoms with Crippen LogP contribution >= 0.6 is 22.9 Å². The van der Waals surface area contributed by atoms with E-state index in [9.17, 15) is 13.7 Å². The average Bonchev–Trinajstić information content (AvgIpc) is 2.99. The number of thiazole rings is 1. The van der Waals surface area contributed by atoms with Gasteiger partial charge in [-0.05, 0) is 39.8 Å². The molecule has 0 bridgehead atoms. The van der Waals surface area contributed by atoms with Gasteiger partial charge in [-0.3, -0.25) is 5.32 Å². The first-order valence-corrected chi connectivity index (χ1v) is 10.5. The number of nitrogens with zero attached hydrogens (tertiary/aromatic N) is 1. The number of hydrogen-bond donors (Lipinski definition) is 2. The van der Waals surface area contributed by atoms with Gasteiger partial charge in [-0.25, -0.2) is 14.2 Å². The number of hydrogen-bond acceptors (Lipinski definition) is 6. The fraction of sp³-hybridized carbons (Fsp3) is 0.333. The maximum atomic E-state index is 14.6. The van der Waals surface area contributed by atoms with Crippen LogP contribution < -0.4 is 10.0 Å². The van der Waals surface area contributed by atoms with Crippen molar-refractivity contribution in [3.8, 4) is 0 Å². The smallest absolute Gasteiger partial charge is 0.418 e. The van der Waals surface area contributed by atoms with Gasteiger partial charge in [0.05, 0.1) is 10.6 Å². The third kappa shape index (κ3) is 6.18. The molecule has 2 atom stereocenters. The zero-order chi connectivity index (χ0) is 21.1. The van der Waals surface area contributed by atoms with Gasteiger partial charge in [-0.2, -0.15) is 0 Å². The van der Waals surface area contributed by atoms with Crippen LogP contribution in [0.25, 0.3) is 0 Å². The zero-order valence-electron chi connectivity index (χ0n) is 15.8. The van der Waals surface area contributed by atoms with Crippen molar-refractivity contribution in [1.29, 1.82) is 0 Å². The number of carbonyl (C=O) groups is 1. The molecule has 1 aromatic heterocycles. The molecule has 152 valence electrons. The lowest BCUT2D eigenvalue weighted by Crippen LogP contribution is -2.41. The van der Waals surface area contributed by atoms with Gasteiger partial charge in [-0.1, -0.05) is 35.6 Å². The minimum Gasteiger partial charge on any atom is -0.598 e. The summed E-state index contributed by atoms with van der Waals surface area (Å²) in [5.74, 6) is -0.307. The fourth-order valence-corrected chi connectivity index (χ4v) is 3.97. The summed E-state index contributed by atoms with van der Waals surface area (Å²) in [6, 6.07) is 3.52. The van der Waals surface area contributed by atoms with Gasteiger partial charge in [0.2, 0.25) is 0 Å². The van der Waals surface area contributed by atoms with Gasteiger partial charge in [0.1, 0.15) is 16.6 Å². The van der Waals surface area contributed by atoms with Crippen LogP contribution in [-0.2, 0) is 16.1 Å². The molecule has 10 heteroatoms. The van der Waals surface area contributed by atoms with Crippen molar-refractivity contribution in [3.05, 3.63) is 58.0 Å². The van der Waals surface area contributed by atoms with E-state index in [-0.39, 0.29) is 21.5 Å². The normalized spacial score (nSPS) is 13.7. The lowest BCUT2D eigenvalue weighted by Gasteiger charge is -2.27. The molecule has 1 heterocycles. The molecule has 2 unspecified atom stereocenters. The third-order valence-electron chi connectivity index (χ3n) is 3.34. The highest BCUT2D eigenvalue weighted by Gasteiger charge is 2.32. The molecular weight excluding hydrogens is 425 g/mol. The Balaban J connectivity index is 2.34. The summed E-state index contributed by atoms with van der Waals surface area (Å²) < 4.78 is 34.4. The Morgan fingerprint density at radius 2 is 2.14 bits per heavy atom. The van der Waals surface area contributed by atoms with Crippen molar-refractivity contribution >= 4 is 45.5 Å². The molecule has 0 fully saturated rings. The minimum atomic E-state index is -1.49. The van der Waals surface area contributed by atoms with E-state index in [0.717, 1.165) is 11.3 Å². The summed E-state index contributed by atoms with van der Waals surface area (Å²) in [6.07, 6.45) is 0.751. The van der Waals surface area contributed by atoms with Crippen LogP contribution in [0.1, 0.15) is 44.2 Å². The maximum absolute atomic E-state index is 14.6. The number of aromatic nitrogens is 1. The summed E-state index contributed by atoms with van der Waals surface area (Å²) in [7, 11) is 0. The number of nitrogens with one attached hydrogen (secondary N) is 2. The van der Waals surface area contributed by atoms with Crippen LogP contribution in [-0.4, -0.2) is 20.4 Å². The van der Waals surface area contributed by atoms with E-state index in [2.05, 4.69) is 21.6 Å². The summed E-state index contributed by atoms with van der Waals surface area (Å²) in [5.41, 5.74) is 0.265. The molecule has 6 nitrogen and oxygen atoms in total. The van der Waals surface area contributed by atoms with Gasteiger partial charge in [0.15, 0.2) is 5.13 Å². The van der Waals surface area contributed by atoms with E-state index in [0.29, 0.717) is 4.88 Å². The molecule has 0 saturated carbocycles. The number of allylic oxidation sites excluding steroid dienone is 1. The Labute approximate surface area is 175 Å². The Bertz CT molecular complexity index is 870. The standard InChI is InChI=1S/C18H21ClFN3O3S2/c1-10(2)26-17(24)22-16-21-9-14(27-16)15(23-28(25)18(3,4)5)12-7-6-11(19)8-13(12)20/h6-9,15,23H,1H2,2-5H3,(H,21,22,24). The topological polar surface area (TPSA) is 86.3 Å². The van der Waals surface area contributed by atoms with Gasteiger partial charge in [0, 0.05) is 28.1 Å². The number of benzene rings is 1. The highest BCUT2D eigenvalue weighted by Crippen LogP contribution is 2.33. The molecule has 2 N–H and O–H groups in total. The molecular formula is C18H21ClFN3O3S2. The predicted molar refractivity (Wildman–Crippen MR) is 111 cm³/mol. The molecule has 2 rings (SSSR count). The molecule has 0 spiro atoms. The summed E-state index contributed by atoms with van der Waals surface area (Å²) >= 11 is 5.47. The van der Waals surface area contributed by atoms with Crippen molar-refractivity contribution in [3.63, 3.8) is 0 Å². The van der Waals surface area contributed by atoms with Gasteiger partial charge in [-0.15, -0.1) is 4.72 Å². The Morgan fingerprint density at radius 1 is 1.46 bits per heavy atom. The molecule has 0 aliphatic heterocycles. The van der Waals surface area contributed by atoms with Crippen molar-refractivity contribution in [2.24, 2.45) is 0 Å². The maximum Gasteiger partial charge on any atom is 0.418 e. The van der Waals surface area contributed by atoms with E-state index in [1.54, 1.807) is 26.8 Å². The van der Waals surface area contributed by atoms with Crippen LogP contribution in [0.4, 0.5) is 14.3 Å². The Hall–Kier alpha value is -1.65.